The maximum Gasteiger partial charge on any atom is 0.407 e. The molecule has 0 aromatic heterocycles. The lowest BCUT2D eigenvalue weighted by Gasteiger charge is -2.18. The zero-order valence-electron chi connectivity index (χ0n) is 7.68. The van der Waals surface area contributed by atoms with Gasteiger partial charge in [0, 0.05) is 0 Å². The molecule has 0 aliphatic heterocycles. The molecule has 1 atom stereocenters. The Balaban J connectivity index is 3.55. The van der Waals surface area contributed by atoms with Crippen LogP contribution in [0.15, 0.2) is 4.47 Å². The molecule has 0 saturated carbocycles. The SMILES string of the molecule is N[C@H](c1c(F)c(F)c(Br)c(F)c1F)C(F)(F)F. The van der Waals surface area contributed by atoms with Gasteiger partial charge in [-0.15, -0.1) is 0 Å². The van der Waals surface area contributed by atoms with Crippen LogP contribution in [0.25, 0.3) is 0 Å². The number of benzene rings is 1. The molecule has 17 heavy (non-hydrogen) atoms. The fourth-order valence-electron chi connectivity index (χ4n) is 1.06. The largest absolute Gasteiger partial charge is 0.407 e. The van der Waals surface area contributed by atoms with Crippen LogP contribution in [0.4, 0.5) is 30.7 Å². The lowest BCUT2D eigenvalue weighted by Crippen LogP contribution is -2.31. The number of alkyl halides is 3. The van der Waals surface area contributed by atoms with Crippen molar-refractivity contribution in [3.8, 4) is 0 Å². The number of hydrogen-bond donors (Lipinski definition) is 1. The third-order valence-corrected chi connectivity index (χ3v) is 2.60. The Hall–Kier alpha value is -0.830. The van der Waals surface area contributed by atoms with Crippen molar-refractivity contribution in [1.29, 1.82) is 0 Å². The molecule has 9 heteroatoms. The van der Waals surface area contributed by atoms with Gasteiger partial charge in [-0.05, 0) is 15.9 Å². The van der Waals surface area contributed by atoms with Gasteiger partial charge < -0.3 is 5.73 Å². The van der Waals surface area contributed by atoms with Gasteiger partial charge in [-0.3, -0.25) is 0 Å². The molecule has 0 unspecified atom stereocenters. The predicted octanol–water partition coefficient (Wildman–Crippen LogP) is 3.57. The van der Waals surface area contributed by atoms with Gasteiger partial charge in [0.05, 0.1) is 10.0 Å². The maximum atomic E-state index is 13.1. The summed E-state index contributed by atoms with van der Waals surface area (Å²) < 4.78 is 87.2. The predicted molar refractivity (Wildman–Crippen MR) is 47.0 cm³/mol. The topological polar surface area (TPSA) is 26.0 Å². The highest BCUT2D eigenvalue weighted by Crippen LogP contribution is 2.37. The van der Waals surface area contributed by atoms with Gasteiger partial charge in [-0.1, -0.05) is 0 Å². The summed E-state index contributed by atoms with van der Waals surface area (Å²) in [6, 6.07) is -3.15. The molecule has 1 aromatic rings. The van der Waals surface area contributed by atoms with Crippen LogP contribution in [0.1, 0.15) is 11.6 Å². The van der Waals surface area contributed by atoms with Gasteiger partial charge in [0.15, 0.2) is 23.3 Å². The average Bonchev–Trinajstić information content (AvgIpc) is 2.22. The lowest BCUT2D eigenvalue weighted by molar-refractivity contribution is -0.150. The second kappa shape index (κ2) is 4.45. The van der Waals surface area contributed by atoms with Crippen LogP contribution in [-0.2, 0) is 0 Å². The van der Waals surface area contributed by atoms with Gasteiger partial charge in [0.25, 0.3) is 0 Å². The Labute approximate surface area is 98.5 Å². The maximum absolute atomic E-state index is 13.1. The highest BCUT2D eigenvalue weighted by molar-refractivity contribution is 9.10. The van der Waals surface area contributed by atoms with E-state index >= 15 is 0 Å². The van der Waals surface area contributed by atoms with E-state index < -0.39 is 45.5 Å². The van der Waals surface area contributed by atoms with Crippen LogP contribution >= 0.6 is 15.9 Å². The molecule has 0 aliphatic carbocycles. The molecule has 0 radical (unpaired) electrons. The Kier molecular flexibility index (Phi) is 3.72. The summed E-state index contributed by atoms with van der Waals surface area (Å²) in [6.45, 7) is 0. The fraction of sp³-hybridized carbons (Fsp3) is 0.250. The van der Waals surface area contributed by atoms with E-state index in [0.717, 1.165) is 0 Å². The highest BCUT2D eigenvalue weighted by atomic mass is 79.9. The standard InChI is InChI=1S/C8H3BrF7N/c9-2-5(12)3(10)1(4(11)6(2)13)7(17)8(14,15)16/h7H,17H2/t7-/m1/s1. The average molecular weight is 326 g/mol. The van der Waals surface area contributed by atoms with Crippen molar-refractivity contribution in [2.75, 3.05) is 0 Å². The third kappa shape index (κ3) is 2.39. The van der Waals surface area contributed by atoms with E-state index in [1.54, 1.807) is 0 Å². The summed E-state index contributed by atoms with van der Waals surface area (Å²) in [5.41, 5.74) is 2.62. The van der Waals surface area contributed by atoms with E-state index in [1.807, 2.05) is 0 Å². The number of nitrogens with two attached hydrogens (primary N) is 1. The molecule has 0 spiro atoms. The molecule has 96 valence electrons. The smallest absolute Gasteiger partial charge is 0.316 e. The van der Waals surface area contributed by atoms with Crippen molar-refractivity contribution in [3.05, 3.63) is 33.3 Å². The molecule has 0 fully saturated rings. The summed E-state index contributed by atoms with van der Waals surface area (Å²) in [4.78, 5) is 0. The highest BCUT2D eigenvalue weighted by Gasteiger charge is 2.43. The first kappa shape index (κ1) is 14.2. The Morgan fingerprint density at radius 2 is 1.24 bits per heavy atom. The minimum atomic E-state index is -5.23. The van der Waals surface area contributed by atoms with Gasteiger partial charge in [0.1, 0.15) is 6.04 Å². The number of halogens is 8. The van der Waals surface area contributed by atoms with E-state index in [4.69, 9.17) is 0 Å². The van der Waals surface area contributed by atoms with E-state index in [0.29, 0.717) is 0 Å². The Morgan fingerprint density at radius 1 is 0.882 bits per heavy atom. The van der Waals surface area contributed by atoms with Crippen molar-refractivity contribution in [2.24, 2.45) is 5.73 Å². The van der Waals surface area contributed by atoms with Crippen molar-refractivity contribution in [2.45, 2.75) is 12.2 Å². The monoisotopic (exact) mass is 325 g/mol. The van der Waals surface area contributed by atoms with Crippen molar-refractivity contribution < 1.29 is 30.7 Å². The van der Waals surface area contributed by atoms with Crippen LogP contribution in [-0.4, -0.2) is 6.18 Å². The van der Waals surface area contributed by atoms with Crippen LogP contribution in [0.5, 0.6) is 0 Å². The summed E-state index contributed by atoms with van der Waals surface area (Å²) in [7, 11) is 0. The third-order valence-electron chi connectivity index (χ3n) is 1.91. The molecule has 1 rings (SSSR count). The second-order valence-corrected chi connectivity index (χ2v) is 3.80. The molecule has 0 aliphatic rings. The first-order chi connectivity index (χ1) is 7.59. The zero-order chi connectivity index (χ0) is 13.5. The summed E-state index contributed by atoms with van der Waals surface area (Å²) in [6.07, 6.45) is -5.23. The molecule has 0 amide bonds. The zero-order valence-corrected chi connectivity index (χ0v) is 9.26. The van der Waals surface area contributed by atoms with E-state index in [-0.39, 0.29) is 0 Å². The van der Waals surface area contributed by atoms with E-state index in [1.165, 1.54) is 0 Å². The van der Waals surface area contributed by atoms with Gasteiger partial charge in [-0.2, -0.15) is 13.2 Å². The second-order valence-electron chi connectivity index (χ2n) is 3.00. The van der Waals surface area contributed by atoms with Crippen molar-refractivity contribution in [3.63, 3.8) is 0 Å². The van der Waals surface area contributed by atoms with Gasteiger partial charge in [-0.25, -0.2) is 17.6 Å². The molecular formula is C8H3BrF7N. The molecule has 0 heterocycles. The van der Waals surface area contributed by atoms with Crippen LogP contribution in [0.2, 0.25) is 0 Å². The first-order valence-electron chi connectivity index (χ1n) is 3.92. The summed E-state index contributed by atoms with van der Waals surface area (Å²) in [5, 5.41) is 0. The fourth-order valence-corrected chi connectivity index (χ4v) is 1.41. The minimum absolute atomic E-state index is 1.23. The van der Waals surface area contributed by atoms with Crippen LogP contribution < -0.4 is 5.73 Å². The van der Waals surface area contributed by atoms with E-state index in [9.17, 15) is 30.7 Å². The van der Waals surface area contributed by atoms with Gasteiger partial charge >= 0.3 is 6.18 Å². The normalized spacial score (nSPS) is 13.9. The number of rotatable bonds is 1. The number of hydrogen-bond acceptors (Lipinski definition) is 1. The molecule has 1 nitrogen and oxygen atoms in total. The summed E-state index contributed by atoms with van der Waals surface area (Å²) >= 11 is 2.16. The molecule has 0 saturated heterocycles. The summed E-state index contributed by atoms with van der Waals surface area (Å²) in [5.74, 6) is -8.31. The van der Waals surface area contributed by atoms with Crippen LogP contribution in [0.3, 0.4) is 0 Å². The molecule has 2 N–H and O–H groups in total. The molecule has 0 bridgehead atoms. The minimum Gasteiger partial charge on any atom is -0.316 e. The lowest BCUT2D eigenvalue weighted by atomic mass is 10.1. The van der Waals surface area contributed by atoms with E-state index in [2.05, 4.69) is 21.7 Å². The Morgan fingerprint density at radius 3 is 1.53 bits per heavy atom. The van der Waals surface area contributed by atoms with Crippen LogP contribution in [0, 0.1) is 23.3 Å². The molecule has 1 aromatic carbocycles. The Bertz CT molecular complexity index is 427. The first-order valence-corrected chi connectivity index (χ1v) is 4.72. The van der Waals surface area contributed by atoms with Gasteiger partial charge in [0.2, 0.25) is 0 Å². The quantitative estimate of drug-likeness (QED) is 0.477. The van der Waals surface area contributed by atoms with Crippen molar-refractivity contribution in [1.82, 2.24) is 0 Å². The molecular weight excluding hydrogens is 323 g/mol. The van der Waals surface area contributed by atoms with Crippen molar-refractivity contribution >= 4 is 15.9 Å².